The smallest absolute Gasteiger partial charge is 0.164 e. The van der Waals surface area contributed by atoms with Crippen molar-refractivity contribution < 1.29 is 28.4 Å². The van der Waals surface area contributed by atoms with Gasteiger partial charge >= 0.3 is 0 Å². The molecule has 1 aliphatic heterocycles. The van der Waals surface area contributed by atoms with E-state index in [-0.39, 0.29) is 37.9 Å². The molecule has 0 spiro atoms. The van der Waals surface area contributed by atoms with Crippen LogP contribution in [0.1, 0.15) is 13.8 Å². The van der Waals surface area contributed by atoms with E-state index in [0.29, 0.717) is 6.61 Å². The van der Waals surface area contributed by atoms with Crippen LogP contribution in [0, 0.1) is 0 Å². The highest BCUT2D eigenvalue weighted by Gasteiger charge is 2.51. The van der Waals surface area contributed by atoms with E-state index >= 15 is 0 Å². The highest BCUT2D eigenvalue weighted by atomic mass is 16.8. The first kappa shape index (κ1) is 16.8. The first-order valence-corrected chi connectivity index (χ1v) is 6.97. The summed E-state index contributed by atoms with van der Waals surface area (Å²) in [6, 6.07) is -0.264. The van der Waals surface area contributed by atoms with E-state index in [2.05, 4.69) is 0 Å². The zero-order chi connectivity index (χ0) is 15.5. The molecule has 1 aliphatic carbocycles. The van der Waals surface area contributed by atoms with Gasteiger partial charge in [0, 0.05) is 14.2 Å². The second-order valence-electron chi connectivity index (χ2n) is 5.63. The molecule has 0 aromatic carbocycles. The molecule has 21 heavy (non-hydrogen) atoms. The van der Waals surface area contributed by atoms with Gasteiger partial charge in [-0.1, -0.05) is 6.08 Å². The lowest BCUT2D eigenvalue weighted by atomic mass is 9.88. The predicted octanol–water partition coefficient (Wildman–Crippen LogP) is 0.383. The molecule has 7 heteroatoms. The fourth-order valence-corrected chi connectivity index (χ4v) is 2.71. The molecular formula is C14H25NO6. The monoisotopic (exact) mass is 303 g/mol. The van der Waals surface area contributed by atoms with Crippen molar-refractivity contribution in [3.8, 4) is 0 Å². The maximum absolute atomic E-state index is 6.17. The lowest BCUT2D eigenvalue weighted by Crippen LogP contribution is -2.51. The van der Waals surface area contributed by atoms with E-state index in [1.54, 1.807) is 14.2 Å². The largest absolute Gasteiger partial charge is 0.359 e. The van der Waals surface area contributed by atoms with Crippen LogP contribution >= 0.6 is 0 Å². The van der Waals surface area contributed by atoms with E-state index in [9.17, 15) is 0 Å². The Morgan fingerprint density at radius 2 is 1.81 bits per heavy atom. The third-order valence-electron chi connectivity index (χ3n) is 3.45. The highest BCUT2D eigenvalue weighted by molar-refractivity contribution is 5.23. The molecule has 1 fully saturated rings. The molecule has 2 N–H and O–H groups in total. The summed E-state index contributed by atoms with van der Waals surface area (Å²) < 4.78 is 32.9. The maximum atomic E-state index is 6.17. The van der Waals surface area contributed by atoms with Crippen molar-refractivity contribution >= 4 is 0 Å². The fourth-order valence-electron chi connectivity index (χ4n) is 2.71. The first-order valence-electron chi connectivity index (χ1n) is 6.97. The summed E-state index contributed by atoms with van der Waals surface area (Å²) in [6.07, 6.45) is 1.08. The van der Waals surface area contributed by atoms with Crippen LogP contribution in [0.15, 0.2) is 11.6 Å². The first-order chi connectivity index (χ1) is 9.98. The van der Waals surface area contributed by atoms with Gasteiger partial charge in [0.25, 0.3) is 0 Å². The van der Waals surface area contributed by atoms with Gasteiger partial charge < -0.3 is 34.2 Å². The van der Waals surface area contributed by atoms with Gasteiger partial charge in [-0.2, -0.15) is 0 Å². The lowest BCUT2D eigenvalue weighted by molar-refractivity contribution is -0.165. The number of fused-ring (bicyclic) bond motifs is 1. The van der Waals surface area contributed by atoms with Gasteiger partial charge in [-0.3, -0.25) is 0 Å². The molecule has 0 saturated carbocycles. The second kappa shape index (κ2) is 7.15. The van der Waals surface area contributed by atoms with E-state index in [1.807, 2.05) is 19.9 Å². The Balaban J connectivity index is 2.12. The number of ether oxygens (including phenoxy) is 6. The average molecular weight is 303 g/mol. The van der Waals surface area contributed by atoms with Gasteiger partial charge in [0.1, 0.15) is 31.9 Å². The molecule has 0 radical (unpaired) electrons. The molecule has 4 atom stereocenters. The minimum Gasteiger partial charge on any atom is -0.359 e. The molecule has 0 aromatic heterocycles. The van der Waals surface area contributed by atoms with E-state index in [0.717, 1.165) is 5.57 Å². The third-order valence-corrected chi connectivity index (χ3v) is 3.45. The topological polar surface area (TPSA) is 81.4 Å². The molecule has 122 valence electrons. The zero-order valence-corrected chi connectivity index (χ0v) is 13.0. The molecule has 0 bridgehead atoms. The minimum atomic E-state index is -0.682. The van der Waals surface area contributed by atoms with Crippen LogP contribution in [0.2, 0.25) is 0 Å². The van der Waals surface area contributed by atoms with Gasteiger partial charge in [-0.05, 0) is 19.4 Å². The van der Waals surface area contributed by atoms with E-state index in [4.69, 9.17) is 34.2 Å². The second-order valence-corrected chi connectivity index (χ2v) is 5.63. The number of methoxy groups -OCH3 is 2. The zero-order valence-electron chi connectivity index (χ0n) is 13.0. The summed E-state index contributed by atoms with van der Waals surface area (Å²) in [6.45, 7) is 4.47. The molecule has 7 nitrogen and oxygen atoms in total. The SMILES string of the molecule is COCOCC1=C[C@H](N)[C@@H]2OC(C)(C)O[C@H]2[C@@H]1OCOC. The average Bonchev–Trinajstić information content (AvgIpc) is 2.75. The van der Waals surface area contributed by atoms with Crippen molar-refractivity contribution in [3.63, 3.8) is 0 Å². The Bertz CT molecular complexity index is 372. The van der Waals surface area contributed by atoms with Crippen molar-refractivity contribution in [1.82, 2.24) is 0 Å². The summed E-state index contributed by atoms with van der Waals surface area (Å²) in [4.78, 5) is 0. The van der Waals surface area contributed by atoms with Crippen LogP contribution in [0.3, 0.4) is 0 Å². The molecular weight excluding hydrogens is 278 g/mol. The standard InChI is InChI=1S/C14H25NO6/c1-14(2)20-12-10(15)5-9(6-18-7-16-3)11(13(12)21-14)19-8-17-4/h5,10-13H,6-8,15H2,1-4H3/t10-,11+,12-,13-/m0/s1. The number of nitrogens with two attached hydrogens (primary N) is 1. The molecule has 1 saturated heterocycles. The Hall–Kier alpha value is -0.540. The Morgan fingerprint density at radius 3 is 2.48 bits per heavy atom. The van der Waals surface area contributed by atoms with Crippen LogP contribution in [0.25, 0.3) is 0 Å². The molecule has 2 aliphatic rings. The minimum absolute atomic E-state index is 0.161. The Kier molecular flexibility index (Phi) is 5.73. The van der Waals surface area contributed by atoms with Crippen molar-refractivity contribution in [1.29, 1.82) is 0 Å². The summed E-state index contributed by atoms with van der Waals surface area (Å²) in [5.74, 6) is -0.682. The summed E-state index contributed by atoms with van der Waals surface area (Å²) in [5, 5.41) is 0. The van der Waals surface area contributed by atoms with Gasteiger partial charge in [-0.15, -0.1) is 0 Å². The van der Waals surface area contributed by atoms with Crippen molar-refractivity contribution in [2.24, 2.45) is 5.73 Å². The van der Waals surface area contributed by atoms with Crippen molar-refractivity contribution in [3.05, 3.63) is 11.6 Å². The van der Waals surface area contributed by atoms with Crippen molar-refractivity contribution in [2.45, 2.75) is 44.0 Å². The van der Waals surface area contributed by atoms with Crippen LogP contribution in [-0.2, 0) is 28.4 Å². The number of hydrogen-bond donors (Lipinski definition) is 1. The maximum Gasteiger partial charge on any atom is 0.164 e. The van der Waals surface area contributed by atoms with Crippen molar-refractivity contribution in [2.75, 3.05) is 34.4 Å². The van der Waals surface area contributed by atoms with E-state index < -0.39 is 5.79 Å². The van der Waals surface area contributed by atoms with Gasteiger partial charge in [-0.25, -0.2) is 0 Å². The summed E-state index contributed by atoms with van der Waals surface area (Å²) in [7, 11) is 3.15. The van der Waals surface area contributed by atoms with Gasteiger partial charge in [0.2, 0.25) is 0 Å². The van der Waals surface area contributed by atoms with Gasteiger partial charge in [0.15, 0.2) is 5.79 Å². The molecule has 1 heterocycles. The molecule has 0 aromatic rings. The molecule has 2 rings (SSSR count). The highest BCUT2D eigenvalue weighted by Crippen LogP contribution is 2.37. The van der Waals surface area contributed by atoms with Crippen LogP contribution in [0.4, 0.5) is 0 Å². The van der Waals surface area contributed by atoms with Crippen LogP contribution in [0.5, 0.6) is 0 Å². The number of hydrogen-bond acceptors (Lipinski definition) is 7. The number of rotatable bonds is 7. The quantitative estimate of drug-likeness (QED) is 0.414. The van der Waals surface area contributed by atoms with Gasteiger partial charge in [0.05, 0.1) is 12.6 Å². The predicted molar refractivity (Wildman–Crippen MR) is 74.5 cm³/mol. The van der Waals surface area contributed by atoms with Crippen LogP contribution < -0.4 is 5.73 Å². The van der Waals surface area contributed by atoms with E-state index in [1.165, 1.54) is 0 Å². The molecule has 0 unspecified atom stereocenters. The lowest BCUT2D eigenvalue weighted by Gasteiger charge is -2.34. The molecule has 0 amide bonds. The summed E-state index contributed by atoms with van der Waals surface area (Å²) >= 11 is 0. The normalized spacial score (nSPS) is 34.6. The Morgan fingerprint density at radius 1 is 1.14 bits per heavy atom. The summed E-state index contributed by atoms with van der Waals surface area (Å²) in [5.41, 5.74) is 7.09. The van der Waals surface area contributed by atoms with Crippen LogP contribution in [-0.4, -0.2) is 64.6 Å². The third kappa shape index (κ3) is 4.01. The Labute approximate surface area is 125 Å². The fraction of sp³-hybridized carbons (Fsp3) is 0.857.